The maximum absolute atomic E-state index is 11.6. The number of likely N-dealkylation sites (N-methyl/N-ethyl adjacent to an activating group) is 1. The Morgan fingerprint density at radius 1 is 0.870 bits per heavy atom. The van der Waals surface area contributed by atoms with Crippen LogP contribution in [0.1, 0.15) is 79.1 Å². The minimum atomic E-state index is -0.255. The number of carbonyl (C=O) groups is 1. The van der Waals surface area contributed by atoms with E-state index in [1.807, 2.05) is 0 Å². The molecule has 3 heteroatoms. The number of ether oxygens (including phenoxy) is 1. The molecule has 0 N–H and O–H groups in total. The quantitative estimate of drug-likeness (QED) is 0.181. The number of hydrogen-bond acceptors (Lipinski definition) is 2. The first-order valence-electron chi connectivity index (χ1n) is 9.69. The van der Waals surface area contributed by atoms with E-state index < -0.39 is 0 Å². The highest BCUT2D eigenvalue weighted by molar-refractivity contribution is 5.86. The molecule has 0 rings (SSSR count). The minimum Gasteiger partial charge on any atom is -0.456 e. The molecule has 0 heterocycles. The molecule has 1 atom stereocenters. The van der Waals surface area contributed by atoms with Crippen molar-refractivity contribution in [2.75, 3.05) is 32.8 Å². The molecule has 0 radical (unpaired) electrons. The Labute approximate surface area is 144 Å². The van der Waals surface area contributed by atoms with Gasteiger partial charge in [-0.25, -0.2) is 4.79 Å². The fourth-order valence-electron chi connectivity index (χ4n) is 2.99. The Morgan fingerprint density at radius 3 is 2.00 bits per heavy atom. The highest BCUT2D eigenvalue weighted by atomic mass is 16.5. The van der Waals surface area contributed by atoms with Crippen molar-refractivity contribution in [2.24, 2.45) is 0 Å². The van der Waals surface area contributed by atoms with Crippen LogP contribution in [0.2, 0.25) is 0 Å². The van der Waals surface area contributed by atoms with E-state index in [-0.39, 0.29) is 5.97 Å². The van der Waals surface area contributed by atoms with E-state index in [4.69, 9.17) is 4.74 Å². The van der Waals surface area contributed by atoms with Gasteiger partial charge in [0.1, 0.15) is 13.2 Å². The summed E-state index contributed by atoms with van der Waals surface area (Å²) >= 11 is 0. The Balaban J connectivity index is 4.32. The molecule has 3 nitrogen and oxygen atoms in total. The summed E-state index contributed by atoms with van der Waals surface area (Å²) in [5.41, 5.74) is 0.490. The summed E-state index contributed by atoms with van der Waals surface area (Å²) in [5, 5.41) is 0. The summed E-state index contributed by atoms with van der Waals surface area (Å²) in [6, 6.07) is 0. The first-order chi connectivity index (χ1) is 11.0. The summed E-state index contributed by atoms with van der Waals surface area (Å²) in [6.45, 7) is 17.1. The fraction of sp³-hybridized carbons (Fsp3) is 0.850. The molecule has 136 valence electrons. The van der Waals surface area contributed by atoms with E-state index >= 15 is 0 Å². The van der Waals surface area contributed by atoms with Gasteiger partial charge in [0.2, 0.25) is 0 Å². The maximum atomic E-state index is 11.6. The van der Waals surface area contributed by atoms with Crippen LogP contribution in [0.3, 0.4) is 0 Å². The number of carbonyl (C=O) groups excluding carboxylic acids is 1. The molecular weight excluding hydrogens is 286 g/mol. The summed E-state index contributed by atoms with van der Waals surface area (Å²) in [6.07, 6.45) is 10.5. The van der Waals surface area contributed by atoms with Crippen LogP contribution in [-0.4, -0.2) is 43.2 Å². The molecule has 0 aliphatic carbocycles. The Morgan fingerprint density at radius 2 is 1.43 bits per heavy atom. The Hall–Kier alpha value is -0.830. The SMILES string of the molecule is C=C(C)C(=O)OCC[N+](CC)(CCCC)CCCCCCCC. The van der Waals surface area contributed by atoms with Crippen molar-refractivity contribution in [3.8, 4) is 0 Å². The van der Waals surface area contributed by atoms with E-state index in [1.54, 1.807) is 6.92 Å². The molecule has 0 bridgehead atoms. The lowest BCUT2D eigenvalue weighted by Crippen LogP contribution is -2.51. The Kier molecular flexibility index (Phi) is 13.1. The molecule has 0 fully saturated rings. The van der Waals surface area contributed by atoms with Crippen molar-refractivity contribution in [1.29, 1.82) is 0 Å². The normalized spacial score (nSPS) is 13.6. The second-order valence-corrected chi connectivity index (χ2v) is 6.87. The largest absolute Gasteiger partial charge is 0.456 e. The lowest BCUT2D eigenvalue weighted by molar-refractivity contribution is -0.927. The predicted molar refractivity (Wildman–Crippen MR) is 99.5 cm³/mol. The van der Waals surface area contributed by atoms with Crippen LogP contribution in [0.5, 0.6) is 0 Å². The molecule has 0 spiro atoms. The monoisotopic (exact) mass is 326 g/mol. The lowest BCUT2D eigenvalue weighted by atomic mass is 10.1. The lowest BCUT2D eigenvalue weighted by Gasteiger charge is -2.38. The van der Waals surface area contributed by atoms with Crippen LogP contribution in [0.15, 0.2) is 12.2 Å². The van der Waals surface area contributed by atoms with Crippen molar-refractivity contribution in [1.82, 2.24) is 0 Å². The molecule has 23 heavy (non-hydrogen) atoms. The number of quaternary nitrogens is 1. The summed E-state index contributed by atoms with van der Waals surface area (Å²) < 4.78 is 6.43. The number of unbranched alkanes of at least 4 members (excludes halogenated alkanes) is 6. The molecule has 0 aliphatic heterocycles. The second-order valence-electron chi connectivity index (χ2n) is 6.87. The van der Waals surface area contributed by atoms with Gasteiger partial charge in [0.25, 0.3) is 0 Å². The van der Waals surface area contributed by atoms with E-state index in [0.717, 1.165) is 17.6 Å². The summed E-state index contributed by atoms with van der Waals surface area (Å²) in [7, 11) is 0. The molecule has 0 aromatic rings. The summed E-state index contributed by atoms with van der Waals surface area (Å²) in [5.74, 6) is -0.255. The Bertz CT molecular complexity index is 328. The molecule has 0 aromatic heterocycles. The molecule has 0 saturated heterocycles. The zero-order valence-corrected chi connectivity index (χ0v) is 16.2. The van der Waals surface area contributed by atoms with Gasteiger partial charge in [-0.1, -0.05) is 52.5 Å². The van der Waals surface area contributed by atoms with E-state index in [2.05, 4.69) is 27.4 Å². The number of nitrogens with zero attached hydrogens (tertiary/aromatic N) is 1. The van der Waals surface area contributed by atoms with Gasteiger partial charge in [-0.3, -0.25) is 0 Å². The number of esters is 1. The fourth-order valence-corrected chi connectivity index (χ4v) is 2.99. The van der Waals surface area contributed by atoms with Gasteiger partial charge in [0.15, 0.2) is 0 Å². The minimum absolute atomic E-state index is 0.255. The van der Waals surface area contributed by atoms with E-state index in [0.29, 0.717) is 12.2 Å². The van der Waals surface area contributed by atoms with Crippen molar-refractivity contribution in [3.63, 3.8) is 0 Å². The number of rotatable bonds is 15. The van der Waals surface area contributed by atoms with Crippen LogP contribution in [0.25, 0.3) is 0 Å². The van der Waals surface area contributed by atoms with Gasteiger partial charge in [0, 0.05) is 5.57 Å². The van der Waals surface area contributed by atoms with Crippen LogP contribution >= 0.6 is 0 Å². The van der Waals surface area contributed by atoms with Gasteiger partial charge in [-0.15, -0.1) is 0 Å². The van der Waals surface area contributed by atoms with Crippen molar-refractivity contribution in [3.05, 3.63) is 12.2 Å². The third-order valence-corrected chi connectivity index (χ3v) is 4.79. The molecule has 0 saturated carbocycles. The average molecular weight is 327 g/mol. The topological polar surface area (TPSA) is 26.3 Å². The molecule has 0 aromatic carbocycles. The van der Waals surface area contributed by atoms with Gasteiger partial charge in [-0.05, 0) is 33.1 Å². The molecule has 0 aliphatic rings. The first-order valence-corrected chi connectivity index (χ1v) is 9.69. The van der Waals surface area contributed by atoms with Gasteiger partial charge >= 0.3 is 5.97 Å². The van der Waals surface area contributed by atoms with Crippen LogP contribution in [0.4, 0.5) is 0 Å². The van der Waals surface area contributed by atoms with Crippen molar-refractivity contribution < 1.29 is 14.0 Å². The van der Waals surface area contributed by atoms with Crippen molar-refractivity contribution >= 4 is 5.97 Å². The van der Waals surface area contributed by atoms with Crippen molar-refractivity contribution in [2.45, 2.75) is 79.1 Å². The number of hydrogen-bond donors (Lipinski definition) is 0. The average Bonchev–Trinajstić information content (AvgIpc) is 2.55. The molecular formula is C20H40NO2+. The standard InChI is InChI=1S/C20H40NO2/c1-6-9-11-12-13-14-16-21(8-3,15-10-7-2)17-18-23-20(22)19(4)5/h4,6-18H2,1-3,5H3/q+1. The zero-order chi connectivity index (χ0) is 17.6. The van der Waals surface area contributed by atoms with Crippen LogP contribution < -0.4 is 0 Å². The highest BCUT2D eigenvalue weighted by Gasteiger charge is 2.24. The predicted octanol–water partition coefficient (Wildman–Crippen LogP) is 5.10. The van der Waals surface area contributed by atoms with Crippen LogP contribution in [0, 0.1) is 0 Å². The smallest absolute Gasteiger partial charge is 0.333 e. The highest BCUT2D eigenvalue weighted by Crippen LogP contribution is 2.14. The summed E-state index contributed by atoms with van der Waals surface area (Å²) in [4.78, 5) is 11.6. The van der Waals surface area contributed by atoms with Crippen LogP contribution in [-0.2, 0) is 9.53 Å². The third kappa shape index (κ3) is 10.5. The zero-order valence-electron chi connectivity index (χ0n) is 16.2. The molecule has 1 unspecified atom stereocenters. The second kappa shape index (κ2) is 13.6. The van der Waals surface area contributed by atoms with Gasteiger partial charge < -0.3 is 9.22 Å². The first kappa shape index (κ1) is 22.2. The van der Waals surface area contributed by atoms with Gasteiger partial charge in [0.05, 0.1) is 19.6 Å². The van der Waals surface area contributed by atoms with E-state index in [9.17, 15) is 4.79 Å². The molecule has 0 amide bonds. The van der Waals surface area contributed by atoms with E-state index in [1.165, 1.54) is 64.5 Å². The van der Waals surface area contributed by atoms with Gasteiger partial charge in [-0.2, -0.15) is 0 Å². The third-order valence-electron chi connectivity index (χ3n) is 4.79. The maximum Gasteiger partial charge on any atom is 0.333 e.